The number of hydrogen-bond donors (Lipinski definition) is 1. The molecule has 2 amide bonds. The van der Waals surface area contributed by atoms with Gasteiger partial charge in [-0.3, -0.25) is 13.9 Å². The van der Waals surface area contributed by atoms with Gasteiger partial charge < -0.3 is 19.7 Å². The summed E-state index contributed by atoms with van der Waals surface area (Å²) < 4.78 is 37.1. The summed E-state index contributed by atoms with van der Waals surface area (Å²) >= 11 is 6.02. The van der Waals surface area contributed by atoms with Crippen LogP contribution >= 0.6 is 11.6 Å². The van der Waals surface area contributed by atoms with E-state index >= 15 is 0 Å². The summed E-state index contributed by atoms with van der Waals surface area (Å²) in [4.78, 5) is 28.3. The van der Waals surface area contributed by atoms with Crippen LogP contribution in [-0.2, 0) is 26.2 Å². The van der Waals surface area contributed by atoms with Crippen molar-refractivity contribution in [1.29, 1.82) is 0 Å². The van der Waals surface area contributed by atoms with Crippen LogP contribution in [0.2, 0.25) is 5.02 Å². The molecule has 0 aliphatic carbocycles. The Morgan fingerprint density at radius 2 is 1.62 bits per heavy atom. The third-order valence-electron chi connectivity index (χ3n) is 5.99. The number of anilines is 1. The molecule has 9 nitrogen and oxygen atoms in total. The van der Waals surface area contributed by atoms with Crippen molar-refractivity contribution in [2.45, 2.75) is 52.2 Å². The molecule has 0 saturated carbocycles. The van der Waals surface area contributed by atoms with Gasteiger partial charge in [-0.1, -0.05) is 37.6 Å². The lowest BCUT2D eigenvalue weighted by Crippen LogP contribution is -2.53. The van der Waals surface area contributed by atoms with Crippen LogP contribution in [0.1, 0.15) is 39.2 Å². The van der Waals surface area contributed by atoms with Gasteiger partial charge in [0.1, 0.15) is 12.6 Å². The second-order valence-corrected chi connectivity index (χ2v) is 11.0. The first-order chi connectivity index (χ1) is 17.4. The van der Waals surface area contributed by atoms with E-state index in [0.717, 1.165) is 22.5 Å². The van der Waals surface area contributed by atoms with Crippen LogP contribution in [0.4, 0.5) is 5.69 Å². The minimum absolute atomic E-state index is 0.0756. The summed E-state index contributed by atoms with van der Waals surface area (Å²) in [6, 6.07) is 10.7. The molecule has 11 heteroatoms. The van der Waals surface area contributed by atoms with Gasteiger partial charge in [-0.25, -0.2) is 8.42 Å². The van der Waals surface area contributed by atoms with Gasteiger partial charge in [-0.05, 0) is 49.6 Å². The minimum atomic E-state index is -3.87. The lowest BCUT2D eigenvalue weighted by Gasteiger charge is -2.33. The van der Waals surface area contributed by atoms with E-state index in [1.165, 1.54) is 31.3 Å². The number of carbonyl (C=O) groups is 2. The van der Waals surface area contributed by atoms with E-state index in [1.807, 2.05) is 20.8 Å². The van der Waals surface area contributed by atoms with Crippen LogP contribution in [0.25, 0.3) is 0 Å². The van der Waals surface area contributed by atoms with Gasteiger partial charge in [0, 0.05) is 23.7 Å². The summed E-state index contributed by atoms with van der Waals surface area (Å²) in [7, 11) is -0.964. The van der Waals surface area contributed by atoms with Gasteiger partial charge in [-0.2, -0.15) is 0 Å². The number of hydrogen-bond acceptors (Lipinski definition) is 6. The topological polar surface area (TPSA) is 105 Å². The van der Waals surface area contributed by atoms with Gasteiger partial charge in [0.15, 0.2) is 11.5 Å². The molecule has 2 aromatic rings. The molecule has 2 rings (SSSR count). The third-order valence-corrected chi connectivity index (χ3v) is 7.38. The Morgan fingerprint density at radius 1 is 1.00 bits per heavy atom. The van der Waals surface area contributed by atoms with Crippen LogP contribution in [0, 0.1) is 0 Å². The number of nitrogens with one attached hydrogen (secondary N) is 1. The maximum atomic E-state index is 13.7. The molecule has 2 aromatic carbocycles. The highest BCUT2D eigenvalue weighted by Gasteiger charge is 2.32. The van der Waals surface area contributed by atoms with E-state index in [9.17, 15) is 18.0 Å². The van der Waals surface area contributed by atoms with Crippen molar-refractivity contribution in [2.75, 3.05) is 31.3 Å². The zero-order valence-electron chi connectivity index (χ0n) is 22.2. The fraction of sp³-hybridized carbons (Fsp3) is 0.462. The Bertz CT molecular complexity index is 1170. The highest BCUT2D eigenvalue weighted by Crippen LogP contribution is 2.32. The average Bonchev–Trinajstić information content (AvgIpc) is 2.86. The molecule has 0 aromatic heterocycles. The number of amides is 2. The van der Waals surface area contributed by atoms with Gasteiger partial charge >= 0.3 is 0 Å². The van der Waals surface area contributed by atoms with Crippen LogP contribution in [-0.4, -0.2) is 64.2 Å². The summed E-state index contributed by atoms with van der Waals surface area (Å²) in [5.41, 5.74) is 0.988. The number of ether oxygens (including phenoxy) is 2. The molecule has 2 atom stereocenters. The summed E-state index contributed by atoms with van der Waals surface area (Å²) in [6.07, 6.45) is 2.10. The largest absolute Gasteiger partial charge is 0.493 e. The normalized spacial score (nSPS) is 12.8. The molecule has 0 radical (unpaired) electrons. The number of sulfonamides is 1. The molecule has 0 aliphatic heterocycles. The first-order valence-corrected chi connectivity index (χ1v) is 14.2. The highest BCUT2D eigenvalue weighted by atomic mass is 35.5. The number of carbonyl (C=O) groups excluding carboxylic acids is 2. The first kappa shape index (κ1) is 30.2. The Labute approximate surface area is 224 Å². The lowest BCUT2D eigenvalue weighted by molar-refractivity contribution is -0.140. The smallest absolute Gasteiger partial charge is 0.244 e. The maximum absolute atomic E-state index is 13.7. The molecule has 0 heterocycles. The molecule has 204 valence electrons. The lowest BCUT2D eigenvalue weighted by atomic mass is 10.1. The Kier molecular flexibility index (Phi) is 11.1. The Hall–Kier alpha value is -2.98. The molecule has 0 saturated heterocycles. The quantitative estimate of drug-likeness (QED) is 0.404. The van der Waals surface area contributed by atoms with Crippen molar-refractivity contribution in [2.24, 2.45) is 0 Å². The monoisotopic (exact) mass is 553 g/mol. The first-order valence-electron chi connectivity index (χ1n) is 12.0. The zero-order valence-corrected chi connectivity index (χ0v) is 23.7. The van der Waals surface area contributed by atoms with Crippen molar-refractivity contribution in [3.63, 3.8) is 0 Å². The Morgan fingerprint density at radius 3 is 2.14 bits per heavy atom. The number of nitrogens with zero attached hydrogens (tertiary/aromatic N) is 2. The fourth-order valence-electron chi connectivity index (χ4n) is 3.74. The molecular weight excluding hydrogens is 518 g/mol. The molecule has 0 aliphatic rings. The van der Waals surface area contributed by atoms with Gasteiger partial charge in [0.25, 0.3) is 0 Å². The predicted molar refractivity (Wildman–Crippen MR) is 146 cm³/mol. The minimum Gasteiger partial charge on any atom is -0.493 e. The Balaban J connectivity index is 2.48. The van der Waals surface area contributed by atoms with Gasteiger partial charge in [0.2, 0.25) is 21.8 Å². The average molecular weight is 554 g/mol. The molecule has 1 N–H and O–H groups in total. The predicted octanol–water partition coefficient (Wildman–Crippen LogP) is 3.85. The van der Waals surface area contributed by atoms with Crippen LogP contribution < -0.4 is 19.1 Å². The van der Waals surface area contributed by atoms with Crippen LogP contribution in [0.15, 0.2) is 42.5 Å². The number of methoxy groups -OCH3 is 2. The zero-order chi connectivity index (χ0) is 27.8. The summed E-state index contributed by atoms with van der Waals surface area (Å²) in [5.74, 6) is -0.0841. The summed E-state index contributed by atoms with van der Waals surface area (Å²) in [5, 5.41) is 3.48. The van der Waals surface area contributed by atoms with E-state index in [0.29, 0.717) is 22.9 Å². The molecule has 0 fully saturated rings. The number of halogens is 1. The number of benzene rings is 2. The third kappa shape index (κ3) is 8.26. The van der Waals surface area contributed by atoms with Crippen LogP contribution in [0.3, 0.4) is 0 Å². The standard InChI is InChI=1S/C26H36ClN3O6S/c1-7-18(3)28-26(32)22(8-2)29(16-19-9-11-20(27)12-10-19)25(31)17-30(37(6,33)34)21-13-14-23(35-4)24(15-21)36-5/h9-15,18,22H,7-8,16-17H2,1-6H3,(H,28,32)/t18-,22-/m0/s1. The van der Waals surface area contributed by atoms with E-state index < -0.39 is 28.5 Å². The summed E-state index contributed by atoms with van der Waals surface area (Å²) in [6.45, 7) is 5.25. The second kappa shape index (κ2) is 13.5. The molecule has 37 heavy (non-hydrogen) atoms. The molecule has 0 unspecified atom stereocenters. The van der Waals surface area contributed by atoms with Gasteiger partial charge in [-0.15, -0.1) is 0 Å². The van der Waals surface area contributed by atoms with Crippen molar-refractivity contribution >= 4 is 39.1 Å². The SMILES string of the molecule is CC[C@H](C)NC(=O)[C@H](CC)N(Cc1ccc(Cl)cc1)C(=O)CN(c1ccc(OC)c(OC)c1)S(C)(=O)=O. The van der Waals surface area contributed by atoms with E-state index in [4.69, 9.17) is 21.1 Å². The highest BCUT2D eigenvalue weighted by molar-refractivity contribution is 7.92. The molecule has 0 bridgehead atoms. The van der Waals surface area contributed by atoms with Crippen molar-refractivity contribution in [3.8, 4) is 11.5 Å². The molecular formula is C26H36ClN3O6S. The van der Waals surface area contributed by atoms with E-state index in [-0.39, 0.29) is 24.2 Å². The van der Waals surface area contributed by atoms with Crippen molar-refractivity contribution < 1.29 is 27.5 Å². The molecule has 0 spiro atoms. The van der Waals surface area contributed by atoms with Gasteiger partial charge in [0.05, 0.1) is 26.2 Å². The van der Waals surface area contributed by atoms with E-state index in [2.05, 4.69) is 5.32 Å². The fourth-order valence-corrected chi connectivity index (χ4v) is 4.71. The van der Waals surface area contributed by atoms with Crippen LogP contribution in [0.5, 0.6) is 11.5 Å². The number of rotatable bonds is 13. The van der Waals surface area contributed by atoms with E-state index in [1.54, 1.807) is 30.3 Å². The second-order valence-electron chi connectivity index (χ2n) is 8.70. The van der Waals surface area contributed by atoms with Crippen molar-refractivity contribution in [3.05, 3.63) is 53.1 Å². The van der Waals surface area contributed by atoms with Crippen molar-refractivity contribution in [1.82, 2.24) is 10.2 Å². The maximum Gasteiger partial charge on any atom is 0.244 e.